The van der Waals surface area contributed by atoms with Gasteiger partial charge in [0.05, 0.1) is 63.3 Å². The Balaban J connectivity index is 0.660. The number of benzene rings is 3. The minimum Gasteiger partial charge on any atom is -0.490 e. The van der Waals surface area contributed by atoms with E-state index in [9.17, 15) is 29.6 Å². The van der Waals surface area contributed by atoms with Gasteiger partial charge in [-0.1, -0.05) is 56.8 Å². The van der Waals surface area contributed by atoms with E-state index in [2.05, 4.69) is 35.6 Å². The van der Waals surface area contributed by atoms with Crippen LogP contribution in [0.4, 0.5) is 17.1 Å². The van der Waals surface area contributed by atoms with Crippen LogP contribution in [-0.4, -0.2) is 154 Å². The minimum atomic E-state index is -0.882. The van der Waals surface area contributed by atoms with Crippen molar-refractivity contribution in [1.82, 2.24) is 35.2 Å². The molecule has 4 atom stereocenters. The topological polar surface area (TPSA) is 195 Å². The Labute approximate surface area is 424 Å². The molecule has 19 heteroatoms. The Bertz CT molecular complexity index is 2550. The number of anilines is 2. The number of β-amino-alcohol motifs (C(OH)–C–C–N with tert-alkyl or cyclic N) is 1. The zero-order chi connectivity index (χ0) is 50.0. The van der Waals surface area contributed by atoms with Crippen molar-refractivity contribution in [3.63, 3.8) is 0 Å². The van der Waals surface area contributed by atoms with Gasteiger partial charge in [0.1, 0.15) is 23.9 Å². The summed E-state index contributed by atoms with van der Waals surface area (Å²) in [5.74, 6) is -0.141. The van der Waals surface area contributed by atoms with E-state index in [1.54, 1.807) is 23.5 Å². The number of hydrogen-bond acceptors (Lipinski definition) is 15. The average molecular weight is 1010 g/mol. The normalized spacial score (nSPS) is 22.9. The van der Waals surface area contributed by atoms with Crippen LogP contribution in [0.5, 0.6) is 5.75 Å². The number of amides is 3. The maximum Gasteiger partial charge on any atom is 0.270 e. The summed E-state index contributed by atoms with van der Waals surface area (Å²) in [6.07, 6.45) is 3.56. The molecule has 0 spiro atoms. The molecule has 4 N–H and O–H groups in total. The monoisotopic (exact) mass is 1010 g/mol. The molecule has 3 aromatic carbocycles. The molecule has 17 nitrogen and oxygen atoms in total. The standard InChI is InChI=1S/C52H67N9O8S2/c1-32(34-6-8-35(9-7-34)48-33(2)53-31-70-48)54-50(64)44-25-37(62)29-60(44)51(65)49(52(3,4)5)56-47(63)30-59-22-20-58(21-23-59)19-18-57-16-14-38(15-17-57)68-40-26-41(27-40)69-39-11-13-43-46(28-39)71-45-24-36(61(66)67)10-12-42(45)55-43/h6-13,24,28,31-32,37-38,40-41,44,49,55,62H,14-23,25-27,29-30H2,1-5H3,(H,54,64)(H,56,63)/t32-,37+,40?,41?,44-,49+/m0/s1. The van der Waals surface area contributed by atoms with Crippen LogP contribution in [0.1, 0.15) is 77.1 Å². The largest absolute Gasteiger partial charge is 0.490 e. The van der Waals surface area contributed by atoms with Gasteiger partial charge in [-0.3, -0.25) is 34.3 Å². The first kappa shape index (κ1) is 50.8. The Kier molecular flexibility index (Phi) is 15.7. The molecule has 71 heavy (non-hydrogen) atoms. The first-order valence-corrected chi connectivity index (χ1v) is 26.7. The lowest BCUT2D eigenvalue weighted by Gasteiger charge is -2.40. The zero-order valence-corrected chi connectivity index (χ0v) is 42.9. The number of hydrogen-bond donors (Lipinski definition) is 4. The Hall–Kier alpha value is -5.15. The number of likely N-dealkylation sites (tertiary alicyclic amines) is 2. The molecule has 0 radical (unpaired) electrons. The summed E-state index contributed by atoms with van der Waals surface area (Å²) in [5.41, 5.74) is 6.04. The van der Waals surface area contributed by atoms with Crippen molar-refractivity contribution in [2.75, 3.05) is 70.8 Å². The van der Waals surface area contributed by atoms with E-state index in [1.807, 2.05) is 82.6 Å². The number of nitrogens with one attached hydrogen (secondary N) is 3. The van der Waals surface area contributed by atoms with Crippen molar-refractivity contribution in [3.8, 4) is 16.2 Å². The molecule has 4 fully saturated rings. The van der Waals surface area contributed by atoms with Crippen molar-refractivity contribution in [2.45, 2.75) is 119 Å². The summed E-state index contributed by atoms with van der Waals surface area (Å²) in [7, 11) is 0. The highest BCUT2D eigenvalue weighted by Gasteiger charge is 2.45. The van der Waals surface area contributed by atoms with E-state index in [0.717, 1.165) is 127 Å². The summed E-state index contributed by atoms with van der Waals surface area (Å²) in [5, 5.41) is 31.5. The number of piperidine rings is 1. The molecule has 4 aliphatic heterocycles. The van der Waals surface area contributed by atoms with Crippen LogP contribution in [-0.2, 0) is 19.1 Å². The predicted molar refractivity (Wildman–Crippen MR) is 274 cm³/mol. The highest BCUT2D eigenvalue weighted by Crippen LogP contribution is 2.47. The number of aromatic nitrogens is 1. The molecule has 0 bridgehead atoms. The Morgan fingerprint density at radius 3 is 2.20 bits per heavy atom. The van der Waals surface area contributed by atoms with Gasteiger partial charge < -0.3 is 40.3 Å². The van der Waals surface area contributed by atoms with Crippen molar-refractivity contribution >= 4 is 57.9 Å². The fourth-order valence-electron chi connectivity index (χ4n) is 10.2. The second kappa shape index (κ2) is 21.9. The van der Waals surface area contributed by atoms with Crippen LogP contribution in [0.3, 0.4) is 0 Å². The number of aryl methyl sites for hydroxylation is 1. The van der Waals surface area contributed by atoms with Crippen molar-refractivity contribution in [3.05, 3.63) is 87.5 Å². The Morgan fingerprint density at radius 1 is 0.873 bits per heavy atom. The summed E-state index contributed by atoms with van der Waals surface area (Å²) >= 11 is 3.09. The van der Waals surface area contributed by atoms with Crippen LogP contribution in [0, 0.1) is 22.5 Å². The van der Waals surface area contributed by atoms with Crippen molar-refractivity contribution in [2.24, 2.45) is 5.41 Å². The van der Waals surface area contributed by atoms with E-state index in [1.165, 1.54) is 22.7 Å². The predicted octanol–water partition coefficient (Wildman–Crippen LogP) is 6.61. The molecule has 380 valence electrons. The molecule has 5 aliphatic rings. The number of piperazine rings is 1. The van der Waals surface area contributed by atoms with Gasteiger partial charge >= 0.3 is 0 Å². The number of rotatable bonds is 16. The van der Waals surface area contributed by atoms with E-state index < -0.39 is 23.6 Å². The molecule has 3 saturated heterocycles. The van der Waals surface area contributed by atoms with Gasteiger partial charge in [0, 0.05) is 100 Å². The van der Waals surface area contributed by atoms with Gasteiger partial charge in [-0.2, -0.15) is 0 Å². The fraction of sp³-hybridized carbons (Fsp3) is 0.538. The first-order chi connectivity index (χ1) is 34.0. The lowest BCUT2D eigenvalue weighted by molar-refractivity contribution is -0.385. The molecule has 9 rings (SSSR count). The fourth-order valence-corrected chi connectivity index (χ4v) is 12.0. The van der Waals surface area contributed by atoms with Crippen LogP contribution in [0.25, 0.3) is 10.4 Å². The first-order valence-electron chi connectivity index (χ1n) is 25.0. The number of thiazole rings is 1. The van der Waals surface area contributed by atoms with E-state index in [4.69, 9.17) is 9.47 Å². The van der Waals surface area contributed by atoms with Crippen molar-refractivity contribution in [1.29, 1.82) is 0 Å². The number of aliphatic hydroxyl groups excluding tert-OH is 1. The average Bonchev–Trinajstić information content (AvgIpc) is 3.96. The maximum absolute atomic E-state index is 14.3. The maximum atomic E-state index is 14.3. The van der Waals surface area contributed by atoms with Crippen LogP contribution >= 0.6 is 23.1 Å². The number of nitrogens with zero attached hydrogens (tertiary/aromatic N) is 6. The SMILES string of the molecule is Cc1ncsc1-c1ccc([C@H](C)NC(=O)[C@@H]2C[C@@H](O)CN2C(=O)[C@@H](NC(=O)CN2CCN(CCN3CCC(OC4CC(Oc5ccc6c(c5)Sc5cc([N+](=O)[O-])ccc5N6)C4)CC3)CC2)C(C)(C)C)cc1. The third kappa shape index (κ3) is 12.4. The number of non-ortho nitro benzene ring substituents is 1. The number of carbonyl (C=O) groups is 3. The molecule has 5 heterocycles. The van der Waals surface area contributed by atoms with Gasteiger partial charge in [0.25, 0.3) is 5.69 Å². The van der Waals surface area contributed by atoms with E-state index in [0.29, 0.717) is 0 Å². The molecule has 1 aromatic heterocycles. The zero-order valence-electron chi connectivity index (χ0n) is 41.3. The van der Waals surface area contributed by atoms with Gasteiger partial charge in [-0.25, -0.2) is 4.98 Å². The molecule has 1 aliphatic carbocycles. The van der Waals surface area contributed by atoms with Gasteiger partial charge in [0.15, 0.2) is 0 Å². The summed E-state index contributed by atoms with van der Waals surface area (Å²) in [6, 6.07) is 16.8. The molecule has 1 saturated carbocycles. The number of carbonyl (C=O) groups excluding carboxylic acids is 3. The molecule has 4 aromatic rings. The lowest BCUT2D eigenvalue weighted by atomic mass is 9.85. The lowest BCUT2D eigenvalue weighted by Crippen LogP contribution is -2.59. The number of ether oxygens (including phenoxy) is 2. The number of fused-ring (bicyclic) bond motifs is 2. The number of nitro groups is 1. The van der Waals surface area contributed by atoms with E-state index >= 15 is 0 Å². The second-order valence-corrected chi connectivity index (χ2v) is 22.8. The quantitative estimate of drug-likeness (QED) is 0.0609. The van der Waals surface area contributed by atoms with Gasteiger partial charge in [-0.05, 0) is 67.5 Å². The minimum absolute atomic E-state index is 0.0231. The molecular formula is C52H67N9O8S2. The third-order valence-electron chi connectivity index (χ3n) is 14.5. The third-order valence-corrected chi connectivity index (χ3v) is 16.6. The van der Waals surface area contributed by atoms with Gasteiger partial charge in [0.2, 0.25) is 17.7 Å². The highest BCUT2D eigenvalue weighted by molar-refractivity contribution is 7.99. The van der Waals surface area contributed by atoms with Crippen molar-refractivity contribution < 1.29 is 33.9 Å². The molecule has 3 amide bonds. The highest BCUT2D eigenvalue weighted by atomic mass is 32.2. The smallest absolute Gasteiger partial charge is 0.270 e. The molecule has 0 unspecified atom stereocenters. The number of nitro benzene ring substituents is 1. The van der Waals surface area contributed by atoms with E-state index in [-0.39, 0.29) is 72.2 Å². The van der Waals surface area contributed by atoms with Crippen LogP contribution in [0.15, 0.2) is 76.0 Å². The summed E-state index contributed by atoms with van der Waals surface area (Å²) in [4.78, 5) is 68.3. The van der Waals surface area contributed by atoms with Crippen LogP contribution < -0.4 is 20.7 Å². The second-order valence-electron chi connectivity index (χ2n) is 20.8. The molecular weight excluding hydrogens is 943 g/mol. The van der Waals surface area contributed by atoms with Gasteiger partial charge in [-0.15, -0.1) is 11.3 Å². The summed E-state index contributed by atoms with van der Waals surface area (Å²) < 4.78 is 12.8. The number of aliphatic hydroxyl groups is 1. The van der Waals surface area contributed by atoms with Crippen LogP contribution in [0.2, 0.25) is 0 Å². The summed E-state index contributed by atoms with van der Waals surface area (Å²) in [6.45, 7) is 17.0. The Morgan fingerprint density at radius 2 is 1.54 bits per heavy atom.